The highest BCUT2D eigenvalue weighted by Gasteiger charge is 2.28. The van der Waals surface area contributed by atoms with Gasteiger partial charge in [0, 0.05) is 44.7 Å². The molecule has 0 saturated carbocycles. The van der Waals surface area contributed by atoms with Crippen molar-refractivity contribution < 1.29 is 9.53 Å². The van der Waals surface area contributed by atoms with Crippen molar-refractivity contribution in [3.63, 3.8) is 0 Å². The van der Waals surface area contributed by atoms with Crippen LogP contribution in [0.5, 0.6) is 0 Å². The minimum atomic E-state index is -0.416. The van der Waals surface area contributed by atoms with E-state index in [0.29, 0.717) is 19.6 Å². The lowest BCUT2D eigenvalue weighted by atomic mass is 9.98. The third-order valence-corrected chi connectivity index (χ3v) is 5.30. The van der Waals surface area contributed by atoms with Gasteiger partial charge in [-0.15, -0.1) is 0 Å². The predicted octanol–water partition coefficient (Wildman–Crippen LogP) is 4.43. The Morgan fingerprint density at radius 1 is 1.03 bits per heavy atom. The van der Waals surface area contributed by atoms with Gasteiger partial charge in [-0.3, -0.25) is 0 Å². The number of pyridine rings is 1. The molecule has 5 nitrogen and oxygen atoms in total. The van der Waals surface area contributed by atoms with Crippen LogP contribution in [0.1, 0.15) is 29.0 Å². The minimum Gasteiger partial charge on any atom is -0.449 e. The maximum absolute atomic E-state index is 12.2. The van der Waals surface area contributed by atoms with Crippen molar-refractivity contribution in [3.8, 4) is 23.0 Å². The highest BCUT2D eigenvalue weighted by Crippen LogP contribution is 2.44. The number of benzene rings is 2. The minimum absolute atomic E-state index is 0.0654. The average Bonchev–Trinajstić information content (AvgIpc) is 3.11. The van der Waals surface area contributed by atoms with E-state index < -0.39 is 6.09 Å². The number of nitrogens with zero attached hydrogens (tertiary/aromatic N) is 2. The SMILES string of the molecule is CN(C)c1ccc(C#CCCNC(=O)OCC2c3ccccc3-c3ccccc32)cn1. The molecule has 1 aliphatic carbocycles. The Labute approximate surface area is 183 Å². The average molecular weight is 412 g/mol. The summed E-state index contributed by atoms with van der Waals surface area (Å²) in [5, 5.41) is 2.78. The van der Waals surface area contributed by atoms with Crippen LogP contribution in [0.2, 0.25) is 0 Å². The van der Waals surface area contributed by atoms with Crippen molar-refractivity contribution in [2.24, 2.45) is 0 Å². The Bertz CT molecular complexity index is 1080. The van der Waals surface area contributed by atoms with E-state index in [1.165, 1.54) is 22.3 Å². The maximum Gasteiger partial charge on any atom is 0.407 e. The maximum atomic E-state index is 12.2. The molecule has 0 fully saturated rings. The van der Waals surface area contributed by atoms with E-state index >= 15 is 0 Å². The van der Waals surface area contributed by atoms with Crippen molar-refractivity contribution >= 4 is 11.9 Å². The number of hydrogen-bond acceptors (Lipinski definition) is 4. The molecule has 0 aliphatic heterocycles. The highest BCUT2D eigenvalue weighted by molar-refractivity contribution is 5.79. The van der Waals surface area contributed by atoms with Crippen LogP contribution in [0.25, 0.3) is 11.1 Å². The quantitative estimate of drug-likeness (QED) is 0.499. The van der Waals surface area contributed by atoms with Gasteiger partial charge in [-0.2, -0.15) is 0 Å². The topological polar surface area (TPSA) is 54.5 Å². The second-order valence-corrected chi connectivity index (χ2v) is 7.60. The summed E-state index contributed by atoms with van der Waals surface area (Å²) >= 11 is 0. The van der Waals surface area contributed by atoms with Crippen LogP contribution in [0.4, 0.5) is 10.6 Å². The van der Waals surface area contributed by atoms with E-state index in [4.69, 9.17) is 4.74 Å². The van der Waals surface area contributed by atoms with E-state index in [2.05, 4.69) is 46.4 Å². The highest BCUT2D eigenvalue weighted by atomic mass is 16.5. The number of hydrogen-bond donors (Lipinski definition) is 1. The van der Waals surface area contributed by atoms with Crippen LogP contribution in [0.15, 0.2) is 66.9 Å². The molecule has 0 unspecified atom stereocenters. The first-order valence-corrected chi connectivity index (χ1v) is 10.3. The van der Waals surface area contributed by atoms with Crippen molar-refractivity contribution in [3.05, 3.63) is 83.6 Å². The number of aromatic nitrogens is 1. The van der Waals surface area contributed by atoms with Crippen LogP contribution in [0.3, 0.4) is 0 Å². The molecular formula is C26H25N3O2. The van der Waals surface area contributed by atoms with Gasteiger partial charge in [0.05, 0.1) is 0 Å². The van der Waals surface area contributed by atoms with E-state index in [1.807, 2.05) is 55.4 Å². The van der Waals surface area contributed by atoms with Gasteiger partial charge in [-0.05, 0) is 34.4 Å². The van der Waals surface area contributed by atoms with Crippen LogP contribution in [0, 0.1) is 11.8 Å². The first-order valence-electron chi connectivity index (χ1n) is 10.3. The summed E-state index contributed by atoms with van der Waals surface area (Å²) in [7, 11) is 3.89. The molecule has 31 heavy (non-hydrogen) atoms. The summed E-state index contributed by atoms with van der Waals surface area (Å²) in [5.74, 6) is 7.07. The predicted molar refractivity (Wildman–Crippen MR) is 123 cm³/mol. The molecule has 0 saturated heterocycles. The van der Waals surface area contributed by atoms with Crippen molar-refractivity contribution in [2.45, 2.75) is 12.3 Å². The number of carbonyl (C=O) groups excluding carboxylic acids is 1. The molecular weight excluding hydrogens is 386 g/mol. The number of alkyl carbamates (subject to hydrolysis) is 1. The number of fused-ring (bicyclic) bond motifs is 3. The van der Waals surface area contributed by atoms with Gasteiger partial charge < -0.3 is 15.0 Å². The molecule has 1 aliphatic rings. The van der Waals surface area contributed by atoms with Crippen LogP contribution in [-0.2, 0) is 4.74 Å². The van der Waals surface area contributed by atoms with Crippen LogP contribution < -0.4 is 10.2 Å². The van der Waals surface area contributed by atoms with E-state index in [0.717, 1.165) is 11.4 Å². The molecule has 1 aromatic heterocycles. The number of carbonyl (C=O) groups is 1. The van der Waals surface area contributed by atoms with Gasteiger partial charge in [0.1, 0.15) is 12.4 Å². The molecule has 0 bridgehead atoms. The van der Waals surface area contributed by atoms with E-state index in [9.17, 15) is 4.79 Å². The van der Waals surface area contributed by atoms with Crippen molar-refractivity contribution in [1.82, 2.24) is 10.3 Å². The fourth-order valence-corrected chi connectivity index (χ4v) is 3.77. The first-order chi connectivity index (χ1) is 15.1. The second kappa shape index (κ2) is 9.36. The first kappa shape index (κ1) is 20.5. The standard InChI is InChI=1S/C26H25N3O2/c1-29(2)25-15-14-19(17-28-25)9-7-8-16-27-26(30)31-18-24-22-12-5-3-10-20(22)21-11-4-6-13-23(21)24/h3-6,10-15,17,24H,8,16,18H2,1-2H3,(H,27,30). The summed E-state index contributed by atoms with van der Waals surface area (Å²) in [6.07, 6.45) is 1.88. The fourth-order valence-electron chi connectivity index (χ4n) is 3.77. The number of ether oxygens (including phenoxy) is 1. The molecule has 2 aromatic carbocycles. The second-order valence-electron chi connectivity index (χ2n) is 7.60. The summed E-state index contributed by atoms with van der Waals surface area (Å²) < 4.78 is 5.53. The van der Waals surface area contributed by atoms with Crippen LogP contribution >= 0.6 is 0 Å². The zero-order chi connectivity index (χ0) is 21.6. The zero-order valence-electron chi connectivity index (χ0n) is 17.8. The fraction of sp³-hybridized carbons (Fsp3) is 0.231. The van der Waals surface area contributed by atoms with Crippen LogP contribution in [-0.4, -0.2) is 38.3 Å². The van der Waals surface area contributed by atoms with E-state index in [1.54, 1.807) is 6.20 Å². The Hall–Kier alpha value is -3.78. The number of anilines is 1. The smallest absolute Gasteiger partial charge is 0.407 e. The molecule has 0 radical (unpaired) electrons. The van der Waals surface area contributed by atoms with Crippen molar-refractivity contribution in [1.29, 1.82) is 0 Å². The molecule has 0 spiro atoms. The summed E-state index contributed by atoms with van der Waals surface area (Å²) in [4.78, 5) is 18.4. The zero-order valence-corrected chi connectivity index (χ0v) is 17.8. The van der Waals surface area contributed by atoms with Gasteiger partial charge in [0.25, 0.3) is 0 Å². The van der Waals surface area contributed by atoms with Gasteiger partial charge in [-0.25, -0.2) is 9.78 Å². The van der Waals surface area contributed by atoms with E-state index in [-0.39, 0.29) is 5.92 Å². The molecule has 1 heterocycles. The third kappa shape index (κ3) is 4.70. The van der Waals surface area contributed by atoms with Gasteiger partial charge >= 0.3 is 6.09 Å². The molecule has 3 aromatic rings. The lowest BCUT2D eigenvalue weighted by Crippen LogP contribution is -2.26. The largest absolute Gasteiger partial charge is 0.449 e. The molecule has 1 amide bonds. The summed E-state index contributed by atoms with van der Waals surface area (Å²) in [5.41, 5.74) is 5.70. The van der Waals surface area contributed by atoms with Crippen molar-refractivity contribution in [2.75, 3.05) is 32.1 Å². The molecule has 0 atom stereocenters. The summed E-state index contributed by atoms with van der Waals surface area (Å²) in [6.45, 7) is 0.752. The molecule has 5 heteroatoms. The normalized spacial score (nSPS) is 11.7. The lowest BCUT2D eigenvalue weighted by molar-refractivity contribution is 0.143. The Morgan fingerprint density at radius 3 is 2.32 bits per heavy atom. The van der Waals surface area contributed by atoms with Gasteiger partial charge in [0.15, 0.2) is 0 Å². The lowest BCUT2D eigenvalue weighted by Gasteiger charge is -2.14. The molecule has 1 N–H and O–H groups in total. The van der Waals surface area contributed by atoms with Gasteiger partial charge in [-0.1, -0.05) is 60.4 Å². The Kier molecular flexibility index (Phi) is 6.18. The summed E-state index contributed by atoms with van der Waals surface area (Å²) in [6, 6.07) is 20.5. The third-order valence-electron chi connectivity index (χ3n) is 5.30. The number of nitrogens with one attached hydrogen (secondary N) is 1. The Morgan fingerprint density at radius 2 is 1.71 bits per heavy atom. The van der Waals surface area contributed by atoms with Gasteiger partial charge in [0.2, 0.25) is 0 Å². The number of rotatable bonds is 5. The number of amides is 1. The Balaban J connectivity index is 1.26. The monoisotopic (exact) mass is 411 g/mol. The molecule has 4 rings (SSSR count). The molecule has 156 valence electrons.